The summed E-state index contributed by atoms with van der Waals surface area (Å²) in [6, 6.07) is 11.7. The first-order chi connectivity index (χ1) is 12.5. The number of amides is 1. The van der Waals surface area contributed by atoms with Crippen LogP contribution in [0.25, 0.3) is 22.2 Å². The highest BCUT2D eigenvalue weighted by Crippen LogP contribution is 2.41. The molecule has 1 aliphatic rings. The van der Waals surface area contributed by atoms with Crippen molar-refractivity contribution in [1.82, 2.24) is 4.57 Å². The van der Waals surface area contributed by atoms with E-state index in [1.807, 2.05) is 36.4 Å². The number of hydrogen-bond donors (Lipinski definition) is 1. The number of methoxy groups -OCH3 is 1. The Morgan fingerprint density at radius 2 is 2.04 bits per heavy atom. The van der Waals surface area contributed by atoms with Gasteiger partial charge in [0.1, 0.15) is 11.5 Å². The molecule has 0 atom stereocenters. The molecule has 0 saturated heterocycles. The lowest BCUT2D eigenvalue weighted by atomic mass is 10.1. The molecule has 2 aromatic carbocycles. The minimum Gasteiger partial charge on any atom is -0.497 e. The normalized spacial score (nSPS) is 13.7. The summed E-state index contributed by atoms with van der Waals surface area (Å²) in [6.45, 7) is 2.91. The van der Waals surface area contributed by atoms with Crippen molar-refractivity contribution in [2.45, 2.75) is 13.5 Å². The summed E-state index contributed by atoms with van der Waals surface area (Å²) in [7, 11) is 3.41. The fraction of sp³-hybridized carbons (Fsp3) is 0.250. The molecule has 3 aromatic rings. The van der Waals surface area contributed by atoms with E-state index in [1.165, 1.54) is 0 Å². The predicted octanol–water partition coefficient (Wildman–Crippen LogP) is 3.27. The quantitative estimate of drug-likeness (QED) is 0.786. The Kier molecular flexibility index (Phi) is 3.76. The molecule has 1 aliphatic heterocycles. The van der Waals surface area contributed by atoms with E-state index in [0.29, 0.717) is 5.75 Å². The number of benzene rings is 2. The van der Waals surface area contributed by atoms with Gasteiger partial charge in [0.15, 0.2) is 6.61 Å². The fourth-order valence-electron chi connectivity index (χ4n) is 3.54. The summed E-state index contributed by atoms with van der Waals surface area (Å²) in [6.07, 6.45) is 0. The number of rotatable bonds is 3. The monoisotopic (exact) mass is 351 g/mol. The number of fused-ring (bicyclic) bond motifs is 2. The molecule has 2 N–H and O–H groups in total. The zero-order chi connectivity index (χ0) is 18.4. The topological polar surface area (TPSA) is 69.7 Å². The van der Waals surface area contributed by atoms with Crippen molar-refractivity contribution in [3.8, 4) is 22.8 Å². The van der Waals surface area contributed by atoms with Crippen LogP contribution in [-0.2, 0) is 11.3 Å². The molecule has 4 rings (SSSR count). The first-order valence-electron chi connectivity index (χ1n) is 8.54. The standard InChI is InChI=1S/C20H21N3O3/c1-4-23-15-10-13(25-3)6-7-14(15)19(21)20(23)12-5-8-17-16(9-12)22(2)18(24)11-26-17/h5-10H,4,11,21H2,1-3H3. The third-order valence-corrected chi connectivity index (χ3v) is 4.95. The van der Waals surface area contributed by atoms with Crippen LogP contribution in [0.15, 0.2) is 36.4 Å². The van der Waals surface area contributed by atoms with E-state index < -0.39 is 0 Å². The number of aromatic nitrogens is 1. The van der Waals surface area contributed by atoms with Crippen LogP contribution in [-0.4, -0.2) is 31.2 Å². The van der Waals surface area contributed by atoms with E-state index in [2.05, 4.69) is 11.5 Å². The highest BCUT2D eigenvalue weighted by Gasteiger charge is 2.24. The van der Waals surface area contributed by atoms with Crippen LogP contribution in [0, 0.1) is 0 Å². The second-order valence-electron chi connectivity index (χ2n) is 6.31. The van der Waals surface area contributed by atoms with Crippen LogP contribution in [0.4, 0.5) is 11.4 Å². The fourth-order valence-corrected chi connectivity index (χ4v) is 3.54. The van der Waals surface area contributed by atoms with E-state index in [9.17, 15) is 4.79 Å². The third-order valence-electron chi connectivity index (χ3n) is 4.95. The molecule has 0 aliphatic carbocycles. The van der Waals surface area contributed by atoms with Crippen LogP contribution >= 0.6 is 0 Å². The second-order valence-corrected chi connectivity index (χ2v) is 6.31. The van der Waals surface area contributed by atoms with Gasteiger partial charge in [0, 0.05) is 30.6 Å². The average Bonchev–Trinajstić information content (AvgIpc) is 2.95. The van der Waals surface area contributed by atoms with Crippen molar-refractivity contribution in [1.29, 1.82) is 0 Å². The number of nitrogens with two attached hydrogens (primary N) is 1. The molecule has 1 aromatic heterocycles. The van der Waals surface area contributed by atoms with Crippen molar-refractivity contribution in [3.05, 3.63) is 36.4 Å². The number of hydrogen-bond acceptors (Lipinski definition) is 4. The molecule has 0 fully saturated rings. The summed E-state index contributed by atoms with van der Waals surface area (Å²) < 4.78 is 13.1. The van der Waals surface area contributed by atoms with Crippen molar-refractivity contribution in [2.75, 3.05) is 31.4 Å². The molecular formula is C20H21N3O3. The van der Waals surface area contributed by atoms with Crippen molar-refractivity contribution < 1.29 is 14.3 Å². The molecule has 6 heteroatoms. The molecule has 134 valence electrons. The Morgan fingerprint density at radius 1 is 1.23 bits per heavy atom. The maximum atomic E-state index is 12.0. The molecule has 1 amide bonds. The molecule has 6 nitrogen and oxygen atoms in total. The number of aryl methyl sites for hydroxylation is 1. The molecule has 0 bridgehead atoms. The van der Waals surface area contributed by atoms with Gasteiger partial charge in [0.2, 0.25) is 0 Å². The van der Waals surface area contributed by atoms with Crippen molar-refractivity contribution in [2.24, 2.45) is 0 Å². The average molecular weight is 351 g/mol. The van der Waals surface area contributed by atoms with Crippen molar-refractivity contribution >= 4 is 28.2 Å². The van der Waals surface area contributed by atoms with Crippen LogP contribution < -0.4 is 20.1 Å². The summed E-state index contributed by atoms with van der Waals surface area (Å²) in [4.78, 5) is 13.6. The minimum atomic E-state index is -0.0663. The number of ether oxygens (including phenoxy) is 2. The van der Waals surface area contributed by atoms with Crippen molar-refractivity contribution in [3.63, 3.8) is 0 Å². The zero-order valence-corrected chi connectivity index (χ0v) is 15.1. The van der Waals surface area contributed by atoms with E-state index >= 15 is 0 Å². The van der Waals surface area contributed by atoms with Gasteiger partial charge in [-0.3, -0.25) is 4.79 Å². The summed E-state index contributed by atoms with van der Waals surface area (Å²) in [5.74, 6) is 1.43. The maximum Gasteiger partial charge on any atom is 0.264 e. The van der Waals surface area contributed by atoms with E-state index in [0.717, 1.165) is 45.8 Å². The maximum absolute atomic E-state index is 12.0. The second kappa shape index (κ2) is 5.98. The van der Waals surface area contributed by atoms with Crippen LogP contribution in [0.3, 0.4) is 0 Å². The van der Waals surface area contributed by atoms with E-state index in [-0.39, 0.29) is 12.5 Å². The summed E-state index contributed by atoms with van der Waals surface area (Å²) >= 11 is 0. The Balaban J connectivity index is 1.95. The van der Waals surface area contributed by atoms with Gasteiger partial charge >= 0.3 is 0 Å². The molecule has 2 heterocycles. The molecule has 0 radical (unpaired) electrons. The highest BCUT2D eigenvalue weighted by molar-refractivity contribution is 6.03. The first kappa shape index (κ1) is 16.3. The van der Waals surface area contributed by atoms with E-state index in [1.54, 1.807) is 19.1 Å². The molecule has 26 heavy (non-hydrogen) atoms. The van der Waals surface area contributed by atoms with Gasteiger partial charge < -0.3 is 24.7 Å². The lowest BCUT2D eigenvalue weighted by Crippen LogP contribution is -2.35. The number of likely N-dealkylation sites (N-methyl/N-ethyl adjacent to an activating group) is 1. The Labute approximate surface area is 151 Å². The minimum absolute atomic E-state index is 0.0663. The van der Waals surface area contributed by atoms with Gasteiger partial charge in [0.05, 0.1) is 29.7 Å². The third kappa shape index (κ3) is 2.29. The van der Waals surface area contributed by atoms with Gasteiger partial charge in [0.25, 0.3) is 5.91 Å². The van der Waals surface area contributed by atoms with Crippen LogP contribution in [0.5, 0.6) is 11.5 Å². The Morgan fingerprint density at radius 3 is 2.77 bits per heavy atom. The zero-order valence-electron chi connectivity index (χ0n) is 15.1. The number of carbonyl (C=O) groups is 1. The van der Waals surface area contributed by atoms with E-state index in [4.69, 9.17) is 15.2 Å². The van der Waals surface area contributed by atoms with Gasteiger partial charge in [-0.15, -0.1) is 0 Å². The van der Waals surface area contributed by atoms with Gasteiger partial charge in [-0.2, -0.15) is 0 Å². The SMILES string of the molecule is CCn1c(-c2ccc3c(c2)N(C)C(=O)CO3)c(N)c2ccc(OC)cc21. The Bertz CT molecular complexity index is 1020. The lowest BCUT2D eigenvalue weighted by Gasteiger charge is -2.26. The number of nitrogens with zero attached hydrogens (tertiary/aromatic N) is 2. The van der Waals surface area contributed by atoms with Crippen LogP contribution in [0.1, 0.15) is 6.92 Å². The largest absolute Gasteiger partial charge is 0.497 e. The number of nitrogen functional groups attached to an aromatic ring is 1. The van der Waals surface area contributed by atoms with Gasteiger partial charge in [-0.25, -0.2) is 0 Å². The molecule has 0 unspecified atom stereocenters. The number of anilines is 2. The molecule has 0 saturated carbocycles. The smallest absolute Gasteiger partial charge is 0.264 e. The van der Waals surface area contributed by atoms with Crippen LogP contribution in [0.2, 0.25) is 0 Å². The number of carbonyl (C=O) groups excluding carboxylic acids is 1. The molecule has 0 spiro atoms. The predicted molar refractivity (Wildman–Crippen MR) is 103 cm³/mol. The lowest BCUT2D eigenvalue weighted by molar-refractivity contribution is -0.120. The van der Waals surface area contributed by atoms with Gasteiger partial charge in [-0.05, 0) is 37.3 Å². The van der Waals surface area contributed by atoms with Gasteiger partial charge in [-0.1, -0.05) is 0 Å². The molecular weight excluding hydrogens is 330 g/mol. The summed E-state index contributed by atoms with van der Waals surface area (Å²) in [5.41, 5.74) is 10.9. The highest BCUT2D eigenvalue weighted by atomic mass is 16.5. The Hall–Kier alpha value is -3.15. The first-order valence-corrected chi connectivity index (χ1v) is 8.54. The summed E-state index contributed by atoms with van der Waals surface area (Å²) in [5, 5.41) is 0.987.